The minimum Gasteiger partial charge on any atom is -0.313 e. The smallest absolute Gasteiger partial charge is 0.0469 e. The molecule has 1 aromatic rings. The fourth-order valence-corrected chi connectivity index (χ4v) is 2.76. The molecule has 1 unspecified atom stereocenters. The first-order valence-electron chi connectivity index (χ1n) is 7.65. The molecule has 1 atom stereocenters. The fraction of sp³-hybridized carbons (Fsp3) is 0.647. The summed E-state index contributed by atoms with van der Waals surface area (Å²) < 4.78 is 0. The molecule has 0 saturated heterocycles. The largest absolute Gasteiger partial charge is 0.313 e. The Kier molecular flexibility index (Phi) is 5.41. The third-order valence-corrected chi connectivity index (χ3v) is 4.21. The number of rotatable bonds is 7. The molecular formula is C17H28N2. The summed E-state index contributed by atoms with van der Waals surface area (Å²) in [5.74, 6) is 0.926. The lowest BCUT2D eigenvalue weighted by atomic mass is 9.84. The van der Waals surface area contributed by atoms with Gasteiger partial charge in [0.2, 0.25) is 0 Å². The van der Waals surface area contributed by atoms with Crippen molar-refractivity contribution in [1.82, 2.24) is 10.2 Å². The van der Waals surface area contributed by atoms with Gasteiger partial charge in [0, 0.05) is 25.2 Å². The maximum atomic E-state index is 3.59. The maximum Gasteiger partial charge on any atom is 0.0469 e. The molecule has 1 saturated carbocycles. The normalized spacial score (nSPS) is 17.7. The highest BCUT2D eigenvalue weighted by Crippen LogP contribution is 2.29. The van der Waals surface area contributed by atoms with Gasteiger partial charge in [0.05, 0.1) is 0 Å². The van der Waals surface area contributed by atoms with Crippen LogP contribution in [-0.4, -0.2) is 31.1 Å². The van der Waals surface area contributed by atoms with Crippen molar-refractivity contribution in [3.63, 3.8) is 0 Å². The van der Waals surface area contributed by atoms with Crippen LogP contribution in [-0.2, 0) is 0 Å². The Hall–Kier alpha value is -0.860. The summed E-state index contributed by atoms with van der Waals surface area (Å²) >= 11 is 0. The van der Waals surface area contributed by atoms with Gasteiger partial charge in [-0.05, 0) is 31.4 Å². The average Bonchev–Trinajstić information content (AvgIpc) is 2.35. The van der Waals surface area contributed by atoms with Gasteiger partial charge in [-0.2, -0.15) is 0 Å². The first-order valence-corrected chi connectivity index (χ1v) is 7.65. The second-order valence-corrected chi connectivity index (χ2v) is 6.23. The summed E-state index contributed by atoms with van der Waals surface area (Å²) in [5.41, 5.74) is 1.43. The minimum atomic E-state index is 0.490. The Balaban J connectivity index is 1.99. The van der Waals surface area contributed by atoms with Crippen molar-refractivity contribution in [3.05, 3.63) is 35.9 Å². The van der Waals surface area contributed by atoms with Crippen molar-refractivity contribution in [2.75, 3.05) is 20.1 Å². The van der Waals surface area contributed by atoms with E-state index in [0.29, 0.717) is 12.1 Å². The van der Waals surface area contributed by atoms with E-state index in [1.807, 2.05) is 0 Å². The van der Waals surface area contributed by atoms with Crippen LogP contribution >= 0.6 is 0 Å². The predicted octanol–water partition coefficient (Wildman–Crippen LogP) is 3.46. The quantitative estimate of drug-likeness (QED) is 0.807. The molecule has 0 aromatic heterocycles. The molecule has 0 bridgehead atoms. The molecule has 1 N–H and O–H groups in total. The van der Waals surface area contributed by atoms with E-state index < -0.39 is 0 Å². The van der Waals surface area contributed by atoms with Crippen molar-refractivity contribution >= 4 is 0 Å². The molecule has 106 valence electrons. The average molecular weight is 260 g/mol. The van der Waals surface area contributed by atoms with Gasteiger partial charge in [-0.15, -0.1) is 0 Å². The summed E-state index contributed by atoms with van der Waals surface area (Å²) in [4.78, 5) is 2.54. The van der Waals surface area contributed by atoms with E-state index in [-0.39, 0.29) is 0 Å². The third kappa shape index (κ3) is 4.32. The number of hydrogen-bond donors (Lipinski definition) is 1. The van der Waals surface area contributed by atoms with Crippen molar-refractivity contribution < 1.29 is 0 Å². The number of benzene rings is 1. The van der Waals surface area contributed by atoms with Crippen LogP contribution in [0.1, 0.15) is 44.7 Å². The minimum absolute atomic E-state index is 0.490. The summed E-state index contributed by atoms with van der Waals surface area (Å²) in [5, 5.41) is 3.59. The van der Waals surface area contributed by atoms with Crippen LogP contribution in [0.2, 0.25) is 0 Å². The van der Waals surface area contributed by atoms with Gasteiger partial charge in [-0.3, -0.25) is 4.90 Å². The lowest BCUT2D eigenvalue weighted by molar-refractivity contribution is 0.158. The van der Waals surface area contributed by atoms with E-state index in [0.717, 1.165) is 12.5 Å². The van der Waals surface area contributed by atoms with Gasteiger partial charge >= 0.3 is 0 Å². The summed E-state index contributed by atoms with van der Waals surface area (Å²) in [7, 11) is 2.28. The third-order valence-electron chi connectivity index (χ3n) is 4.21. The molecule has 0 radical (unpaired) electrons. The standard InChI is InChI=1S/C17H28N2/c1-14(2)18-12-17(16-10-5-4-6-11-16)19(3)13-15-8-7-9-15/h4-6,10-11,14-15,17-18H,7-9,12-13H2,1-3H3. The Labute approximate surface area is 118 Å². The van der Waals surface area contributed by atoms with E-state index in [4.69, 9.17) is 0 Å². The number of nitrogens with zero attached hydrogens (tertiary/aromatic N) is 1. The zero-order chi connectivity index (χ0) is 13.7. The van der Waals surface area contributed by atoms with Gasteiger partial charge in [0.1, 0.15) is 0 Å². The lowest BCUT2D eigenvalue weighted by Crippen LogP contribution is -2.39. The molecule has 1 aliphatic carbocycles. The zero-order valence-electron chi connectivity index (χ0n) is 12.6. The Morgan fingerprint density at radius 2 is 1.89 bits per heavy atom. The second-order valence-electron chi connectivity index (χ2n) is 6.23. The monoisotopic (exact) mass is 260 g/mol. The van der Waals surface area contributed by atoms with Gasteiger partial charge < -0.3 is 5.32 Å². The van der Waals surface area contributed by atoms with Crippen LogP contribution in [0.3, 0.4) is 0 Å². The second kappa shape index (κ2) is 7.06. The Morgan fingerprint density at radius 3 is 2.42 bits per heavy atom. The van der Waals surface area contributed by atoms with E-state index in [1.165, 1.54) is 31.4 Å². The molecule has 0 spiro atoms. The molecule has 2 nitrogen and oxygen atoms in total. The SMILES string of the molecule is CC(C)NCC(c1ccccc1)N(C)CC1CCC1. The van der Waals surface area contributed by atoms with Gasteiger partial charge in [-0.25, -0.2) is 0 Å². The van der Waals surface area contributed by atoms with Gasteiger partial charge in [0.15, 0.2) is 0 Å². The summed E-state index contributed by atoms with van der Waals surface area (Å²) in [6.07, 6.45) is 4.27. The topological polar surface area (TPSA) is 15.3 Å². The maximum absolute atomic E-state index is 3.59. The van der Waals surface area contributed by atoms with E-state index in [2.05, 4.69) is 61.4 Å². The van der Waals surface area contributed by atoms with Crippen molar-refractivity contribution in [2.24, 2.45) is 5.92 Å². The number of nitrogens with one attached hydrogen (secondary N) is 1. The number of hydrogen-bond acceptors (Lipinski definition) is 2. The predicted molar refractivity (Wildman–Crippen MR) is 82.3 cm³/mol. The summed E-state index contributed by atoms with van der Waals surface area (Å²) in [6, 6.07) is 11.9. The van der Waals surface area contributed by atoms with Gasteiger partial charge in [-0.1, -0.05) is 50.6 Å². The first kappa shape index (κ1) is 14.5. The van der Waals surface area contributed by atoms with Crippen molar-refractivity contribution in [3.8, 4) is 0 Å². The highest BCUT2D eigenvalue weighted by atomic mass is 15.2. The van der Waals surface area contributed by atoms with Crippen LogP contribution in [0.5, 0.6) is 0 Å². The lowest BCUT2D eigenvalue weighted by Gasteiger charge is -2.35. The number of likely N-dealkylation sites (N-methyl/N-ethyl adjacent to an activating group) is 1. The molecular weight excluding hydrogens is 232 g/mol. The molecule has 0 heterocycles. The van der Waals surface area contributed by atoms with Crippen LogP contribution in [0.4, 0.5) is 0 Å². The van der Waals surface area contributed by atoms with Crippen molar-refractivity contribution in [2.45, 2.75) is 45.2 Å². The van der Waals surface area contributed by atoms with Gasteiger partial charge in [0.25, 0.3) is 0 Å². The fourth-order valence-electron chi connectivity index (χ4n) is 2.76. The van der Waals surface area contributed by atoms with E-state index >= 15 is 0 Å². The van der Waals surface area contributed by atoms with E-state index in [9.17, 15) is 0 Å². The Bertz CT molecular complexity index is 357. The molecule has 1 fully saturated rings. The zero-order valence-corrected chi connectivity index (χ0v) is 12.6. The molecule has 1 aliphatic rings. The van der Waals surface area contributed by atoms with E-state index in [1.54, 1.807) is 0 Å². The summed E-state index contributed by atoms with van der Waals surface area (Å²) in [6.45, 7) is 6.70. The molecule has 2 rings (SSSR count). The Morgan fingerprint density at radius 1 is 1.21 bits per heavy atom. The highest BCUT2D eigenvalue weighted by Gasteiger charge is 2.23. The van der Waals surface area contributed by atoms with Crippen LogP contribution < -0.4 is 5.32 Å². The van der Waals surface area contributed by atoms with Crippen LogP contribution in [0.15, 0.2) is 30.3 Å². The molecule has 1 aromatic carbocycles. The highest BCUT2D eigenvalue weighted by molar-refractivity contribution is 5.19. The van der Waals surface area contributed by atoms with Crippen LogP contribution in [0.25, 0.3) is 0 Å². The van der Waals surface area contributed by atoms with Crippen LogP contribution in [0, 0.1) is 5.92 Å². The first-order chi connectivity index (χ1) is 9.16. The molecule has 0 aliphatic heterocycles. The molecule has 2 heteroatoms. The van der Waals surface area contributed by atoms with Crippen molar-refractivity contribution in [1.29, 1.82) is 0 Å². The molecule has 19 heavy (non-hydrogen) atoms. The molecule has 0 amide bonds.